The molecule has 2 heteroatoms. The molecule has 150 valence electrons. The predicted molar refractivity (Wildman–Crippen MR) is 120 cm³/mol. The van der Waals surface area contributed by atoms with Crippen LogP contribution in [0.25, 0.3) is 0 Å². The van der Waals surface area contributed by atoms with Gasteiger partial charge in [-0.3, -0.25) is 0 Å². The minimum Gasteiger partial charge on any atom is -0.329 e. The lowest BCUT2D eigenvalue weighted by atomic mass is 10.1. The van der Waals surface area contributed by atoms with Crippen LogP contribution >= 0.6 is 0 Å². The average molecular weight is 361 g/mol. The highest BCUT2D eigenvalue weighted by Gasteiger charge is 1.95. The van der Waals surface area contributed by atoms with Crippen molar-refractivity contribution in [3.05, 3.63) is 48.6 Å². The normalized spacial score (nSPS) is 12.8. The van der Waals surface area contributed by atoms with Crippen LogP contribution < -0.4 is 5.73 Å². The number of unbranched alkanes of at least 4 members (excludes halogenated alkanes) is 6. The first-order valence-electron chi connectivity index (χ1n) is 10.8. The summed E-state index contributed by atoms with van der Waals surface area (Å²) in [5.41, 5.74) is 5.54. The molecular weight excluding hydrogens is 316 g/mol. The van der Waals surface area contributed by atoms with Gasteiger partial charge in [0.1, 0.15) is 0 Å². The van der Waals surface area contributed by atoms with Gasteiger partial charge in [0.25, 0.3) is 0 Å². The molecule has 0 spiro atoms. The van der Waals surface area contributed by atoms with Crippen molar-refractivity contribution in [1.82, 2.24) is 4.90 Å². The Kier molecular flexibility index (Phi) is 21.0. The van der Waals surface area contributed by atoms with Crippen LogP contribution in [0.4, 0.5) is 0 Å². The van der Waals surface area contributed by atoms with E-state index >= 15 is 0 Å². The lowest BCUT2D eigenvalue weighted by molar-refractivity contribution is 0.333. The summed E-state index contributed by atoms with van der Waals surface area (Å²) in [4.78, 5) is 2.32. The molecule has 0 rings (SSSR count). The summed E-state index contributed by atoms with van der Waals surface area (Å²) in [6, 6.07) is 0. The second-order valence-electron chi connectivity index (χ2n) is 7.03. The highest BCUT2D eigenvalue weighted by atomic mass is 15.1. The van der Waals surface area contributed by atoms with Crippen LogP contribution in [0.3, 0.4) is 0 Å². The van der Waals surface area contributed by atoms with E-state index in [0.29, 0.717) is 0 Å². The number of allylic oxidation sites excluding steroid dienone is 8. The summed E-state index contributed by atoms with van der Waals surface area (Å²) in [5, 5.41) is 0. The van der Waals surface area contributed by atoms with Crippen molar-refractivity contribution in [3.63, 3.8) is 0 Å². The largest absolute Gasteiger partial charge is 0.329 e. The van der Waals surface area contributed by atoms with Crippen LogP contribution in [-0.4, -0.2) is 31.6 Å². The summed E-state index contributed by atoms with van der Waals surface area (Å²) < 4.78 is 0. The molecule has 0 saturated carbocycles. The van der Waals surface area contributed by atoms with Crippen molar-refractivity contribution in [2.24, 2.45) is 5.73 Å². The van der Waals surface area contributed by atoms with Gasteiger partial charge in [0, 0.05) is 13.1 Å². The van der Waals surface area contributed by atoms with Gasteiger partial charge in [-0.1, -0.05) is 74.8 Å². The third-order valence-electron chi connectivity index (χ3n) is 4.38. The maximum absolute atomic E-state index is 5.54. The quantitative estimate of drug-likeness (QED) is 0.226. The van der Waals surface area contributed by atoms with E-state index in [-0.39, 0.29) is 0 Å². The Hall–Kier alpha value is -1.12. The third-order valence-corrected chi connectivity index (χ3v) is 4.38. The molecule has 26 heavy (non-hydrogen) atoms. The van der Waals surface area contributed by atoms with Gasteiger partial charge in [-0.25, -0.2) is 0 Å². The predicted octanol–water partition coefficient (Wildman–Crippen LogP) is 6.41. The highest BCUT2D eigenvalue weighted by molar-refractivity contribution is 4.99. The maximum atomic E-state index is 5.54. The van der Waals surface area contributed by atoms with E-state index in [9.17, 15) is 0 Å². The topological polar surface area (TPSA) is 29.3 Å². The monoisotopic (exact) mass is 360 g/mol. The first-order valence-corrected chi connectivity index (χ1v) is 10.8. The Morgan fingerprint density at radius 1 is 0.615 bits per heavy atom. The molecule has 0 heterocycles. The van der Waals surface area contributed by atoms with E-state index in [1.165, 1.54) is 57.9 Å². The molecule has 0 radical (unpaired) electrons. The molecule has 2 N–H and O–H groups in total. The van der Waals surface area contributed by atoms with E-state index in [1.807, 2.05) is 0 Å². The molecule has 0 amide bonds. The second kappa shape index (κ2) is 21.9. The van der Waals surface area contributed by atoms with Crippen molar-refractivity contribution >= 4 is 0 Å². The van der Waals surface area contributed by atoms with Crippen LogP contribution in [0, 0.1) is 0 Å². The van der Waals surface area contributed by atoms with E-state index in [1.54, 1.807) is 0 Å². The minimum absolute atomic E-state index is 0.763. The summed E-state index contributed by atoms with van der Waals surface area (Å²) in [6.07, 6.45) is 31.8. The molecule has 2 nitrogen and oxygen atoms in total. The van der Waals surface area contributed by atoms with Gasteiger partial charge in [-0.15, -0.1) is 0 Å². The van der Waals surface area contributed by atoms with Crippen molar-refractivity contribution in [2.75, 3.05) is 26.7 Å². The number of likely N-dealkylation sites (N-methyl/N-ethyl adjacent to an activating group) is 1. The lowest BCUT2D eigenvalue weighted by Crippen LogP contribution is -2.26. The van der Waals surface area contributed by atoms with Gasteiger partial charge >= 0.3 is 0 Å². The number of hydrogen-bond donors (Lipinski definition) is 1. The third kappa shape index (κ3) is 20.9. The Labute approximate surface area is 163 Å². The molecule has 0 aliphatic rings. The van der Waals surface area contributed by atoms with Crippen LogP contribution in [0.5, 0.6) is 0 Å². The number of nitrogens with two attached hydrogens (primary N) is 1. The summed E-state index contributed by atoms with van der Waals surface area (Å²) >= 11 is 0. The number of nitrogens with zero attached hydrogens (tertiary/aromatic N) is 1. The van der Waals surface area contributed by atoms with Gasteiger partial charge in [0.15, 0.2) is 0 Å². The van der Waals surface area contributed by atoms with E-state index < -0.39 is 0 Å². The first-order chi connectivity index (χ1) is 12.8. The zero-order chi connectivity index (χ0) is 19.1. The van der Waals surface area contributed by atoms with E-state index in [2.05, 4.69) is 67.5 Å². The van der Waals surface area contributed by atoms with Gasteiger partial charge in [-0.2, -0.15) is 0 Å². The van der Waals surface area contributed by atoms with Gasteiger partial charge in [0.2, 0.25) is 0 Å². The Morgan fingerprint density at radius 2 is 1.12 bits per heavy atom. The molecule has 0 unspecified atom stereocenters. The molecule has 0 aromatic carbocycles. The van der Waals surface area contributed by atoms with Gasteiger partial charge in [-0.05, 0) is 65.0 Å². The molecule has 0 aromatic rings. The Bertz CT molecular complexity index is 380. The fourth-order valence-corrected chi connectivity index (χ4v) is 2.71. The Balaban J connectivity index is 3.38. The minimum atomic E-state index is 0.763. The maximum Gasteiger partial charge on any atom is 0.0102 e. The second-order valence-corrected chi connectivity index (χ2v) is 7.03. The molecule has 0 fully saturated rings. The molecule has 0 saturated heterocycles. The lowest BCUT2D eigenvalue weighted by Gasteiger charge is -2.14. The summed E-state index contributed by atoms with van der Waals surface area (Å²) in [5.74, 6) is 0. The smallest absolute Gasteiger partial charge is 0.0102 e. The molecule has 0 bridgehead atoms. The summed E-state index contributed by atoms with van der Waals surface area (Å²) in [6.45, 7) is 5.20. The van der Waals surface area contributed by atoms with Crippen molar-refractivity contribution in [1.29, 1.82) is 0 Å². The first kappa shape index (κ1) is 24.9. The molecule has 0 aliphatic heterocycles. The van der Waals surface area contributed by atoms with Crippen LogP contribution in [-0.2, 0) is 0 Å². The number of hydrogen-bond acceptors (Lipinski definition) is 2. The fraction of sp³-hybridized carbons (Fsp3) is 0.667. The molecule has 0 aliphatic carbocycles. The zero-order valence-electron chi connectivity index (χ0n) is 17.5. The fourth-order valence-electron chi connectivity index (χ4n) is 2.71. The van der Waals surface area contributed by atoms with Crippen LogP contribution in [0.2, 0.25) is 0 Å². The van der Waals surface area contributed by atoms with Crippen LogP contribution in [0.15, 0.2) is 48.6 Å². The zero-order valence-corrected chi connectivity index (χ0v) is 17.5. The standard InChI is InChI=1S/C24H44N2/c1-3-4-5-6-7-8-9-10-11-12-13-14-15-16-17-18-19-20-21-23-26(2)24-22-25/h7-8,10-11,13-14,16-17H,3-6,9,12,15,18-25H2,1-2H3/b8-7-,11-10-,14-13-,17-16-. The van der Waals surface area contributed by atoms with Crippen LogP contribution in [0.1, 0.15) is 77.6 Å². The van der Waals surface area contributed by atoms with Gasteiger partial charge < -0.3 is 10.6 Å². The summed E-state index contributed by atoms with van der Waals surface area (Å²) in [7, 11) is 2.15. The van der Waals surface area contributed by atoms with E-state index in [0.717, 1.165) is 32.4 Å². The average Bonchev–Trinajstić information content (AvgIpc) is 2.64. The molecule has 0 aromatic heterocycles. The van der Waals surface area contributed by atoms with Crippen molar-refractivity contribution < 1.29 is 0 Å². The highest BCUT2D eigenvalue weighted by Crippen LogP contribution is 2.03. The Morgan fingerprint density at radius 3 is 1.62 bits per heavy atom. The SMILES string of the molecule is CCCCC/C=C\C/C=C\C/C=C\C/C=C\CCCCCN(C)CCN. The molecular formula is C24H44N2. The molecule has 0 atom stereocenters. The van der Waals surface area contributed by atoms with Crippen molar-refractivity contribution in [2.45, 2.75) is 77.6 Å². The van der Waals surface area contributed by atoms with E-state index in [4.69, 9.17) is 5.73 Å². The van der Waals surface area contributed by atoms with Gasteiger partial charge in [0.05, 0.1) is 0 Å². The van der Waals surface area contributed by atoms with Crippen molar-refractivity contribution in [3.8, 4) is 0 Å². The number of rotatable bonds is 18.